The third-order valence-electron chi connectivity index (χ3n) is 3.89. The Hall–Kier alpha value is -1.58. The highest BCUT2D eigenvalue weighted by Gasteiger charge is 2.31. The van der Waals surface area contributed by atoms with Crippen LogP contribution in [0.1, 0.15) is 0 Å². The van der Waals surface area contributed by atoms with E-state index in [9.17, 15) is 13.2 Å². The number of rotatable bonds is 4. The molecule has 1 aliphatic heterocycles. The molecule has 124 valence electrons. The summed E-state index contributed by atoms with van der Waals surface area (Å²) in [7, 11) is -3.59. The van der Waals surface area contributed by atoms with Gasteiger partial charge in [-0.1, -0.05) is 0 Å². The van der Waals surface area contributed by atoms with E-state index in [2.05, 4.69) is 9.97 Å². The number of fused-ring (bicyclic) bond motifs is 1. The summed E-state index contributed by atoms with van der Waals surface area (Å²) in [5.74, 6) is 0.492. The van der Waals surface area contributed by atoms with Crippen molar-refractivity contribution in [3.63, 3.8) is 0 Å². The number of hydrogen-bond donors (Lipinski definition) is 1. The summed E-state index contributed by atoms with van der Waals surface area (Å²) in [5, 5.41) is 0.591. The van der Waals surface area contributed by atoms with Crippen LogP contribution in [0.15, 0.2) is 29.4 Å². The van der Waals surface area contributed by atoms with Crippen LogP contribution in [0, 0.1) is 0 Å². The number of piperazine rings is 1. The molecule has 23 heavy (non-hydrogen) atoms. The third kappa shape index (κ3) is 3.08. The quantitative estimate of drug-likeness (QED) is 0.876. The highest BCUT2D eigenvalue weighted by atomic mass is 32.2. The molecule has 1 aliphatic rings. The number of carbonyl (C=O) groups is 1. The number of aromatic nitrogens is 2. The monoisotopic (exact) mass is 354 g/mol. The lowest BCUT2D eigenvalue weighted by Crippen LogP contribution is -2.50. The Morgan fingerprint density at radius 1 is 1.35 bits per heavy atom. The van der Waals surface area contributed by atoms with Gasteiger partial charge in [-0.15, -0.1) is 0 Å². The molecule has 2 aromatic heterocycles. The van der Waals surface area contributed by atoms with Crippen LogP contribution in [0.5, 0.6) is 0 Å². The van der Waals surface area contributed by atoms with Gasteiger partial charge in [0.05, 0.1) is 5.75 Å². The fraction of sp³-hybridized carbons (Fsp3) is 0.429. The van der Waals surface area contributed by atoms with E-state index in [4.69, 9.17) is 0 Å². The van der Waals surface area contributed by atoms with Crippen molar-refractivity contribution in [2.45, 2.75) is 4.90 Å². The average Bonchev–Trinajstić information content (AvgIpc) is 3.00. The van der Waals surface area contributed by atoms with E-state index >= 15 is 0 Å². The predicted molar refractivity (Wildman–Crippen MR) is 89.8 cm³/mol. The average molecular weight is 354 g/mol. The van der Waals surface area contributed by atoms with E-state index in [0.29, 0.717) is 43.0 Å². The molecular weight excluding hydrogens is 336 g/mol. The van der Waals surface area contributed by atoms with E-state index in [1.807, 2.05) is 6.26 Å². The summed E-state index contributed by atoms with van der Waals surface area (Å²) in [6, 6.07) is 3.46. The first kappa shape index (κ1) is 16.3. The Kier molecular flexibility index (Phi) is 4.60. The molecule has 0 saturated carbocycles. The minimum atomic E-state index is -3.59. The number of hydrogen-bond acceptors (Lipinski definition) is 5. The molecule has 0 aliphatic carbocycles. The molecule has 0 unspecified atom stereocenters. The van der Waals surface area contributed by atoms with Crippen molar-refractivity contribution in [3.8, 4) is 0 Å². The second-order valence-corrected chi connectivity index (χ2v) is 8.04. The van der Waals surface area contributed by atoms with E-state index in [-0.39, 0.29) is 10.8 Å². The van der Waals surface area contributed by atoms with Crippen LogP contribution in [0.4, 0.5) is 0 Å². The van der Waals surface area contributed by atoms with Crippen LogP contribution in [0.25, 0.3) is 11.0 Å². The van der Waals surface area contributed by atoms with Crippen LogP contribution in [0.3, 0.4) is 0 Å². The number of amides is 1. The molecule has 0 aromatic carbocycles. The van der Waals surface area contributed by atoms with Gasteiger partial charge in [0.25, 0.3) is 0 Å². The number of sulfonamides is 1. The topological polar surface area (TPSA) is 86.4 Å². The summed E-state index contributed by atoms with van der Waals surface area (Å²) in [4.78, 5) is 20.9. The Morgan fingerprint density at radius 2 is 2.09 bits per heavy atom. The fourth-order valence-corrected chi connectivity index (χ4v) is 4.68. The van der Waals surface area contributed by atoms with Crippen LogP contribution in [-0.4, -0.2) is 71.7 Å². The lowest BCUT2D eigenvalue weighted by molar-refractivity contribution is -0.129. The van der Waals surface area contributed by atoms with Crippen LogP contribution < -0.4 is 0 Å². The highest BCUT2D eigenvalue weighted by Crippen LogP contribution is 2.25. The SMILES string of the molecule is CSCC(=O)N1CCN(S(=O)(=O)c2c[nH]c3ncccc23)CC1. The van der Waals surface area contributed by atoms with Gasteiger partial charge in [-0.25, -0.2) is 13.4 Å². The summed E-state index contributed by atoms with van der Waals surface area (Å²) in [6.45, 7) is 1.49. The number of thioether (sulfide) groups is 1. The maximum atomic E-state index is 12.8. The van der Waals surface area contributed by atoms with Crippen molar-refractivity contribution in [2.75, 3.05) is 38.2 Å². The molecule has 2 aromatic rings. The minimum absolute atomic E-state index is 0.0610. The van der Waals surface area contributed by atoms with Crippen molar-refractivity contribution in [1.29, 1.82) is 0 Å². The van der Waals surface area contributed by atoms with Crippen molar-refractivity contribution >= 4 is 38.7 Å². The molecule has 0 bridgehead atoms. The number of nitrogens with zero attached hydrogens (tertiary/aromatic N) is 3. The fourth-order valence-electron chi connectivity index (χ4n) is 2.68. The van der Waals surface area contributed by atoms with Crippen molar-refractivity contribution in [2.24, 2.45) is 0 Å². The number of carbonyl (C=O) groups excluding carboxylic acids is 1. The molecule has 0 spiro atoms. The molecule has 3 rings (SSSR count). The van der Waals surface area contributed by atoms with Gasteiger partial charge < -0.3 is 9.88 Å². The summed E-state index contributed by atoms with van der Waals surface area (Å²) in [5.41, 5.74) is 0.555. The normalized spacial score (nSPS) is 16.8. The van der Waals surface area contributed by atoms with Crippen LogP contribution in [0.2, 0.25) is 0 Å². The van der Waals surface area contributed by atoms with Crippen LogP contribution >= 0.6 is 11.8 Å². The van der Waals surface area contributed by atoms with Crippen molar-refractivity contribution < 1.29 is 13.2 Å². The maximum absolute atomic E-state index is 12.8. The van der Waals surface area contributed by atoms with Gasteiger partial charge in [0.15, 0.2) is 0 Å². The van der Waals surface area contributed by atoms with Gasteiger partial charge in [0, 0.05) is 44.0 Å². The molecule has 1 amide bonds. The lowest BCUT2D eigenvalue weighted by Gasteiger charge is -2.33. The summed E-state index contributed by atoms with van der Waals surface area (Å²) in [6.07, 6.45) is 4.98. The first-order valence-electron chi connectivity index (χ1n) is 7.23. The number of aromatic amines is 1. The molecule has 7 nitrogen and oxygen atoms in total. The van der Waals surface area contributed by atoms with Crippen molar-refractivity contribution in [1.82, 2.24) is 19.2 Å². The number of nitrogens with one attached hydrogen (secondary N) is 1. The first-order chi connectivity index (χ1) is 11.0. The zero-order valence-corrected chi connectivity index (χ0v) is 14.4. The largest absolute Gasteiger partial charge is 0.345 e. The second kappa shape index (κ2) is 6.50. The Bertz CT molecular complexity index is 810. The standard InChI is InChI=1S/C14H18N4O3S2/c1-22-10-13(19)17-5-7-18(8-6-17)23(20,21)12-9-16-14-11(12)3-2-4-15-14/h2-4,9H,5-8,10H2,1H3,(H,15,16). The zero-order chi connectivity index (χ0) is 16.4. The number of H-pyrrole nitrogens is 1. The summed E-state index contributed by atoms with van der Waals surface area (Å²) >= 11 is 1.48. The van der Waals surface area contributed by atoms with E-state index in [1.54, 1.807) is 23.2 Å². The highest BCUT2D eigenvalue weighted by molar-refractivity contribution is 7.99. The molecule has 0 atom stereocenters. The Labute approximate surface area is 139 Å². The van der Waals surface area contributed by atoms with Gasteiger partial charge >= 0.3 is 0 Å². The number of pyridine rings is 1. The predicted octanol–water partition coefficient (Wildman–Crippen LogP) is 0.759. The molecule has 1 saturated heterocycles. The Balaban J connectivity index is 1.78. The molecule has 0 radical (unpaired) electrons. The van der Waals surface area contributed by atoms with E-state index in [1.165, 1.54) is 22.3 Å². The Morgan fingerprint density at radius 3 is 2.78 bits per heavy atom. The van der Waals surface area contributed by atoms with Crippen molar-refractivity contribution in [3.05, 3.63) is 24.5 Å². The first-order valence-corrected chi connectivity index (χ1v) is 10.1. The van der Waals surface area contributed by atoms with Gasteiger partial charge in [0.1, 0.15) is 10.5 Å². The molecule has 1 fully saturated rings. The lowest BCUT2D eigenvalue weighted by atomic mass is 10.3. The minimum Gasteiger partial charge on any atom is -0.345 e. The third-order valence-corrected chi connectivity index (χ3v) is 6.36. The molecule has 1 N–H and O–H groups in total. The smallest absolute Gasteiger partial charge is 0.245 e. The molecule has 3 heterocycles. The van der Waals surface area contributed by atoms with E-state index < -0.39 is 10.0 Å². The van der Waals surface area contributed by atoms with Gasteiger partial charge in [-0.3, -0.25) is 4.79 Å². The van der Waals surface area contributed by atoms with Gasteiger partial charge in [-0.2, -0.15) is 16.1 Å². The maximum Gasteiger partial charge on any atom is 0.245 e. The van der Waals surface area contributed by atoms with Gasteiger partial charge in [0.2, 0.25) is 15.9 Å². The van der Waals surface area contributed by atoms with Crippen LogP contribution in [-0.2, 0) is 14.8 Å². The molecular formula is C14H18N4O3S2. The zero-order valence-electron chi connectivity index (χ0n) is 12.7. The summed E-state index contributed by atoms with van der Waals surface area (Å²) < 4.78 is 27.1. The van der Waals surface area contributed by atoms with E-state index in [0.717, 1.165) is 0 Å². The molecule has 9 heteroatoms. The second-order valence-electron chi connectivity index (χ2n) is 5.27. The van der Waals surface area contributed by atoms with Gasteiger partial charge in [-0.05, 0) is 18.4 Å².